The first-order valence-electron chi connectivity index (χ1n) is 8.74. The molecule has 0 saturated heterocycles. The van der Waals surface area contributed by atoms with E-state index in [9.17, 15) is 18.0 Å². The molecule has 0 aliphatic carbocycles. The molecule has 2 amide bonds. The van der Waals surface area contributed by atoms with Gasteiger partial charge < -0.3 is 19.6 Å². The zero-order valence-electron chi connectivity index (χ0n) is 15.9. The maximum absolute atomic E-state index is 12.6. The normalized spacial score (nSPS) is 10.7. The second-order valence-electron chi connectivity index (χ2n) is 6.00. The van der Waals surface area contributed by atoms with Crippen LogP contribution >= 0.6 is 0 Å². The molecule has 154 valence electrons. The number of para-hydroxylation sites is 1. The molecule has 3 aromatic rings. The predicted molar refractivity (Wildman–Crippen MR) is 111 cm³/mol. The number of hydrogen-bond acceptors (Lipinski definition) is 6. The summed E-state index contributed by atoms with van der Waals surface area (Å²) in [6.07, 6.45) is 0. The van der Waals surface area contributed by atoms with Gasteiger partial charge in [0.25, 0.3) is 0 Å². The zero-order chi connectivity index (χ0) is 21.6. The standard InChI is InChI=1S/C21H18N2O6S/c1-28-20(24)18-13-12-16(23-21(25)22-15-8-4-2-5-9-15)14-19(18)29-30(26,27)17-10-6-3-7-11-17/h2-14H,1H3,(H2,22,23,25). The minimum absolute atomic E-state index is 0.0824. The van der Waals surface area contributed by atoms with Gasteiger partial charge in [0.05, 0.1) is 7.11 Å². The number of benzene rings is 3. The van der Waals surface area contributed by atoms with E-state index in [1.54, 1.807) is 42.5 Å². The molecule has 0 radical (unpaired) electrons. The van der Waals surface area contributed by atoms with Gasteiger partial charge in [0.15, 0.2) is 5.75 Å². The highest BCUT2D eigenvalue weighted by atomic mass is 32.2. The molecule has 9 heteroatoms. The lowest BCUT2D eigenvalue weighted by molar-refractivity contribution is 0.0599. The van der Waals surface area contributed by atoms with E-state index in [4.69, 9.17) is 4.18 Å². The van der Waals surface area contributed by atoms with E-state index in [-0.39, 0.29) is 21.9 Å². The summed E-state index contributed by atoms with van der Waals surface area (Å²) in [6, 6.07) is 19.7. The fourth-order valence-electron chi connectivity index (χ4n) is 2.52. The van der Waals surface area contributed by atoms with Crippen LogP contribution in [0.2, 0.25) is 0 Å². The number of rotatable bonds is 6. The number of urea groups is 1. The average molecular weight is 426 g/mol. The first kappa shape index (κ1) is 20.9. The predicted octanol–water partition coefficient (Wildman–Crippen LogP) is 3.88. The van der Waals surface area contributed by atoms with Crippen molar-refractivity contribution in [2.75, 3.05) is 17.7 Å². The van der Waals surface area contributed by atoms with Gasteiger partial charge in [-0.2, -0.15) is 8.42 Å². The van der Waals surface area contributed by atoms with Crippen LogP contribution in [0.25, 0.3) is 0 Å². The summed E-state index contributed by atoms with van der Waals surface area (Å²) in [4.78, 5) is 24.2. The Balaban J connectivity index is 1.87. The van der Waals surface area contributed by atoms with E-state index in [1.165, 1.54) is 30.3 Å². The van der Waals surface area contributed by atoms with Crippen LogP contribution in [0.1, 0.15) is 10.4 Å². The van der Waals surface area contributed by atoms with Gasteiger partial charge in [-0.15, -0.1) is 0 Å². The number of carbonyl (C=O) groups excluding carboxylic acids is 2. The van der Waals surface area contributed by atoms with Gasteiger partial charge >= 0.3 is 22.1 Å². The molecular weight excluding hydrogens is 408 g/mol. The Labute approximate surface area is 173 Å². The van der Waals surface area contributed by atoms with Crippen molar-refractivity contribution in [1.29, 1.82) is 0 Å². The Kier molecular flexibility index (Phi) is 6.33. The highest BCUT2D eigenvalue weighted by molar-refractivity contribution is 7.87. The average Bonchev–Trinajstić information content (AvgIpc) is 2.74. The molecule has 0 aromatic heterocycles. The third kappa shape index (κ3) is 5.15. The van der Waals surface area contributed by atoms with Gasteiger partial charge in [-0.25, -0.2) is 9.59 Å². The second-order valence-corrected chi connectivity index (χ2v) is 7.54. The Morgan fingerprint density at radius 2 is 1.40 bits per heavy atom. The lowest BCUT2D eigenvalue weighted by atomic mass is 10.2. The number of carbonyl (C=O) groups is 2. The van der Waals surface area contributed by atoms with E-state index < -0.39 is 22.1 Å². The Bertz CT molecular complexity index is 1150. The van der Waals surface area contributed by atoms with Crippen LogP contribution in [0.3, 0.4) is 0 Å². The summed E-state index contributed by atoms with van der Waals surface area (Å²) in [6.45, 7) is 0. The Morgan fingerprint density at radius 1 is 0.800 bits per heavy atom. The van der Waals surface area contributed by atoms with Crippen LogP contribution in [0, 0.1) is 0 Å². The molecule has 0 fully saturated rings. The van der Waals surface area contributed by atoms with Gasteiger partial charge in [-0.1, -0.05) is 36.4 Å². The summed E-state index contributed by atoms with van der Waals surface area (Å²) in [5, 5.41) is 5.20. The van der Waals surface area contributed by atoms with Gasteiger partial charge in [-0.3, -0.25) is 0 Å². The monoisotopic (exact) mass is 426 g/mol. The summed E-state index contributed by atoms with van der Waals surface area (Å²) < 4.78 is 35.0. The minimum atomic E-state index is -4.21. The van der Waals surface area contributed by atoms with Crippen molar-refractivity contribution in [3.8, 4) is 5.75 Å². The van der Waals surface area contributed by atoms with Gasteiger partial charge in [-0.05, 0) is 36.4 Å². The Morgan fingerprint density at radius 3 is 2.03 bits per heavy atom. The van der Waals surface area contributed by atoms with Crippen molar-refractivity contribution < 1.29 is 26.9 Å². The van der Waals surface area contributed by atoms with E-state index in [1.807, 2.05) is 6.07 Å². The maximum atomic E-state index is 12.6. The zero-order valence-corrected chi connectivity index (χ0v) is 16.7. The van der Waals surface area contributed by atoms with Crippen LogP contribution in [-0.2, 0) is 14.9 Å². The highest BCUT2D eigenvalue weighted by Crippen LogP contribution is 2.27. The van der Waals surface area contributed by atoms with Crippen molar-refractivity contribution in [2.24, 2.45) is 0 Å². The molecule has 0 saturated carbocycles. The molecule has 0 aliphatic heterocycles. The first-order chi connectivity index (χ1) is 14.4. The van der Waals surface area contributed by atoms with Crippen LogP contribution in [0.4, 0.5) is 16.2 Å². The molecule has 0 atom stereocenters. The number of ether oxygens (including phenoxy) is 1. The number of anilines is 2. The van der Waals surface area contributed by atoms with Crippen molar-refractivity contribution in [3.05, 3.63) is 84.4 Å². The molecule has 0 bridgehead atoms. The second kappa shape index (κ2) is 9.10. The van der Waals surface area contributed by atoms with Crippen molar-refractivity contribution in [3.63, 3.8) is 0 Å². The molecule has 0 aliphatic rings. The van der Waals surface area contributed by atoms with Crippen LogP contribution in [-0.4, -0.2) is 27.5 Å². The van der Waals surface area contributed by atoms with Gasteiger partial charge in [0, 0.05) is 17.4 Å². The smallest absolute Gasteiger partial charge is 0.341 e. The quantitative estimate of drug-likeness (QED) is 0.457. The number of amides is 2. The highest BCUT2D eigenvalue weighted by Gasteiger charge is 2.22. The SMILES string of the molecule is COC(=O)c1ccc(NC(=O)Nc2ccccc2)cc1OS(=O)(=O)c1ccccc1. The molecule has 30 heavy (non-hydrogen) atoms. The van der Waals surface area contributed by atoms with Crippen LogP contribution < -0.4 is 14.8 Å². The molecule has 8 nitrogen and oxygen atoms in total. The van der Waals surface area contributed by atoms with Crippen LogP contribution in [0.15, 0.2) is 83.8 Å². The summed E-state index contributed by atoms with van der Waals surface area (Å²) >= 11 is 0. The van der Waals surface area contributed by atoms with E-state index in [0.29, 0.717) is 5.69 Å². The molecular formula is C21H18N2O6S. The maximum Gasteiger partial charge on any atom is 0.341 e. The van der Waals surface area contributed by atoms with Gasteiger partial charge in [0.1, 0.15) is 10.5 Å². The number of hydrogen-bond donors (Lipinski definition) is 2. The molecule has 3 aromatic carbocycles. The molecule has 2 N–H and O–H groups in total. The first-order valence-corrected chi connectivity index (χ1v) is 10.1. The summed E-state index contributed by atoms with van der Waals surface area (Å²) in [7, 11) is -3.04. The number of nitrogens with one attached hydrogen (secondary N) is 2. The number of esters is 1. The largest absolute Gasteiger partial charge is 0.465 e. The van der Waals surface area contributed by atoms with Crippen molar-refractivity contribution >= 4 is 33.5 Å². The topological polar surface area (TPSA) is 111 Å². The van der Waals surface area contributed by atoms with E-state index >= 15 is 0 Å². The summed E-state index contributed by atoms with van der Waals surface area (Å²) in [5.74, 6) is -1.06. The fourth-order valence-corrected chi connectivity index (χ4v) is 3.48. The molecule has 3 rings (SSSR count). The third-order valence-electron chi connectivity index (χ3n) is 3.91. The van der Waals surface area contributed by atoms with Crippen molar-refractivity contribution in [2.45, 2.75) is 4.90 Å². The lowest BCUT2D eigenvalue weighted by Gasteiger charge is -2.13. The molecule has 0 spiro atoms. The van der Waals surface area contributed by atoms with Crippen molar-refractivity contribution in [1.82, 2.24) is 0 Å². The van der Waals surface area contributed by atoms with Crippen LogP contribution in [0.5, 0.6) is 5.75 Å². The minimum Gasteiger partial charge on any atom is -0.465 e. The third-order valence-corrected chi connectivity index (χ3v) is 5.16. The van der Waals surface area contributed by atoms with E-state index in [0.717, 1.165) is 7.11 Å². The Hall–Kier alpha value is -3.85. The molecule has 0 unspecified atom stereocenters. The fraction of sp³-hybridized carbons (Fsp3) is 0.0476. The lowest BCUT2D eigenvalue weighted by Crippen LogP contribution is -2.20. The van der Waals surface area contributed by atoms with E-state index in [2.05, 4.69) is 15.4 Å². The summed E-state index contributed by atoms with van der Waals surface area (Å²) in [5.41, 5.74) is 0.685. The number of methoxy groups -OCH3 is 1. The molecule has 0 heterocycles. The van der Waals surface area contributed by atoms with Gasteiger partial charge in [0.2, 0.25) is 0 Å².